The second kappa shape index (κ2) is 7.88. The molecule has 2 unspecified atom stereocenters. The van der Waals surface area contributed by atoms with Crippen molar-refractivity contribution in [2.45, 2.75) is 46.0 Å². The van der Waals surface area contributed by atoms with Crippen LogP contribution in [0.25, 0.3) is 0 Å². The Morgan fingerprint density at radius 1 is 1.20 bits per heavy atom. The highest BCUT2D eigenvalue weighted by molar-refractivity contribution is 5.88. The molecular weight excluding hydrogens is 256 g/mol. The summed E-state index contributed by atoms with van der Waals surface area (Å²) in [6.07, 6.45) is 11.1. The number of esters is 1. The van der Waals surface area contributed by atoms with Crippen molar-refractivity contribution in [3.63, 3.8) is 0 Å². The number of carboxylic acids is 1. The summed E-state index contributed by atoms with van der Waals surface area (Å²) in [5.74, 6) is -2.15. The van der Waals surface area contributed by atoms with Crippen molar-refractivity contribution in [1.82, 2.24) is 0 Å². The van der Waals surface area contributed by atoms with E-state index in [1.54, 1.807) is 31.2 Å². The largest absolute Gasteiger partial charge is 0.481 e. The van der Waals surface area contributed by atoms with E-state index < -0.39 is 23.3 Å². The second-order valence-corrected chi connectivity index (χ2v) is 5.15. The molecule has 20 heavy (non-hydrogen) atoms. The van der Waals surface area contributed by atoms with Gasteiger partial charge in [0.1, 0.15) is 5.41 Å². The normalized spacial score (nSPS) is 24.6. The summed E-state index contributed by atoms with van der Waals surface area (Å²) in [4.78, 5) is 23.7. The molecule has 0 spiro atoms. The lowest BCUT2D eigenvalue weighted by Gasteiger charge is -2.32. The molecule has 1 aliphatic carbocycles. The van der Waals surface area contributed by atoms with Gasteiger partial charge in [0.2, 0.25) is 0 Å². The van der Waals surface area contributed by atoms with Crippen LogP contribution >= 0.6 is 0 Å². The topological polar surface area (TPSA) is 63.6 Å². The maximum Gasteiger partial charge on any atom is 0.314 e. The maximum atomic E-state index is 12.1. The van der Waals surface area contributed by atoms with Gasteiger partial charge in [0.25, 0.3) is 0 Å². The van der Waals surface area contributed by atoms with Gasteiger partial charge < -0.3 is 9.84 Å². The van der Waals surface area contributed by atoms with E-state index in [0.717, 1.165) is 25.7 Å². The summed E-state index contributed by atoms with van der Waals surface area (Å²) in [6.45, 7) is 4.26. The van der Waals surface area contributed by atoms with Crippen LogP contribution in [-0.4, -0.2) is 23.7 Å². The van der Waals surface area contributed by atoms with E-state index in [0.29, 0.717) is 13.0 Å². The Hall–Kier alpha value is -1.58. The number of ether oxygens (including phenoxy) is 1. The zero-order valence-electron chi connectivity index (χ0n) is 12.3. The van der Waals surface area contributed by atoms with Gasteiger partial charge in [-0.3, -0.25) is 9.59 Å². The summed E-state index contributed by atoms with van der Waals surface area (Å²) in [5.41, 5.74) is -1.17. The molecule has 1 N–H and O–H groups in total. The molecule has 0 radical (unpaired) electrons. The first-order valence-corrected chi connectivity index (χ1v) is 7.34. The summed E-state index contributed by atoms with van der Waals surface area (Å²) < 4.78 is 5.25. The molecule has 4 nitrogen and oxygen atoms in total. The third-order valence-corrected chi connectivity index (χ3v) is 3.84. The van der Waals surface area contributed by atoms with E-state index in [1.165, 1.54) is 0 Å². The summed E-state index contributed by atoms with van der Waals surface area (Å²) in [7, 11) is 0. The lowest BCUT2D eigenvalue weighted by molar-refractivity contribution is -0.160. The molecule has 0 bridgehead atoms. The fourth-order valence-electron chi connectivity index (χ4n) is 2.45. The molecule has 0 aromatic rings. The van der Waals surface area contributed by atoms with Crippen molar-refractivity contribution in [3.05, 3.63) is 24.3 Å². The first-order chi connectivity index (χ1) is 9.58. The highest BCUT2D eigenvalue weighted by Crippen LogP contribution is 2.38. The predicted molar refractivity (Wildman–Crippen MR) is 77.2 cm³/mol. The SMILES string of the molecule is CCCCCCOC(=O)C1C=CC=CC1(CC)C(=O)O. The molecule has 0 aliphatic heterocycles. The minimum absolute atomic E-state index is 0.360. The number of carbonyl (C=O) groups excluding carboxylic acids is 1. The molecule has 0 aromatic carbocycles. The zero-order chi connectivity index (χ0) is 15.0. The lowest BCUT2D eigenvalue weighted by Crippen LogP contribution is -2.41. The summed E-state index contributed by atoms with van der Waals surface area (Å²) in [6, 6.07) is 0. The average Bonchev–Trinajstić information content (AvgIpc) is 2.46. The summed E-state index contributed by atoms with van der Waals surface area (Å²) in [5, 5.41) is 9.46. The van der Waals surface area contributed by atoms with Crippen LogP contribution in [0.3, 0.4) is 0 Å². The van der Waals surface area contributed by atoms with Crippen LogP contribution in [0.5, 0.6) is 0 Å². The van der Waals surface area contributed by atoms with Crippen molar-refractivity contribution in [1.29, 1.82) is 0 Å². The first-order valence-electron chi connectivity index (χ1n) is 7.34. The maximum absolute atomic E-state index is 12.1. The van der Waals surface area contributed by atoms with Crippen LogP contribution < -0.4 is 0 Å². The minimum atomic E-state index is -1.17. The van der Waals surface area contributed by atoms with E-state index in [-0.39, 0.29) is 0 Å². The third kappa shape index (κ3) is 3.71. The quantitative estimate of drug-likeness (QED) is 0.547. The van der Waals surface area contributed by atoms with Gasteiger partial charge in [-0.2, -0.15) is 0 Å². The highest BCUT2D eigenvalue weighted by Gasteiger charge is 2.46. The Bertz CT molecular complexity index is 397. The molecular formula is C16H24O4. The Kier molecular flexibility index (Phi) is 6.49. The van der Waals surface area contributed by atoms with E-state index >= 15 is 0 Å². The van der Waals surface area contributed by atoms with Crippen molar-refractivity contribution >= 4 is 11.9 Å². The van der Waals surface area contributed by atoms with E-state index in [4.69, 9.17) is 4.74 Å². The molecule has 0 amide bonds. The second-order valence-electron chi connectivity index (χ2n) is 5.15. The number of aliphatic carboxylic acids is 1. The highest BCUT2D eigenvalue weighted by atomic mass is 16.5. The van der Waals surface area contributed by atoms with Crippen LogP contribution in [0.1, 0.15) is 46.0 Å². The van der Waals surface area contributed by atoms with Crippen LogP contribution in [0, 0.1) is 11.3 Å². The van der Waals surface area contributed by atoms with Crippen LogP contribution in [0.15, 0.2) is 24.3 Å². The van der Waals surface area contributed by atoms with Gasteiger partial charge in [-0.15, -0.1) is 0 Å². The number of carboxylic acid groups (broad SMARTS) is 1. The smallest absolute Gasteiger partial charge is 0.314 e. The Morgan fingerprint density at radius 3 is 2.55 bits per heavy atom. The van der Waals surface area contributed by atoms with Gasteiger partial charge in [-0.05, 0) is 12.8 Å². The number of hydrogen-bond donors (Lipinski definition) is 1. The Labute approximate surface area is 120 Å². The van der Waals surface area contributed by atoms with E-state index in [1.807, 2.05) is 0 Å². The minimum Gasteiger partial charge on any atom is -0.481 e. The van der Waals surface area contributed by atoms with Crippen molar-refractivity contribution < 1.29 is 19.4 Å². The van der Waals surface area contributed by atoms with Gasteiger partial charge in [0.15, 0.2) is 0 Å². The van der Waals surface area contributed by atoms with Gasteiger partial charge in [0, 0.05) is 0 Å². The molecule has 112 valence electrons. The number of allylic oxidation sites excluding steroid dienone is 2. The fourth-order valence-corrected chi connectivity index (χ4v) is 2.45. The number of unbranched alkanes of at least 4 members (excludes halogenated alkanes) is 3. The monoisotopic (exact) mass is 280 g/mol. The lowest BCUT2D eigenvalue weighted by atomic mass is 9.71. The number of rotatable bonds is 8. The first kappa shape index (κ1) is 16.5. The molecule has 0 heterocycles. The molecule has 0 saturated carbocycles. The van der Waals surface area contributed by atoms with Gasteiger partial charge >= 0.3 is 11.9 Å². The molecule has 4 heteroatoms. The van der Waals surface area contributed by atoms with Crippen molar-refractivity contribution in [2.24, 2.45) is 11.3 Å². The molecule has 0 fully saturated rings. The van der Waals surface area contributed by atoms with Crippen LogP contribution in [0.4, 0.5) is 0 Å². The number of hydrogen-bond acceptors (Lipinski definition) is 3. The average molecular weight is 280 g/mol. The van der Waals surface area contributed by atoms with Gasteiger partial charge in [-0.1, -0.05) is 57.4 Å². The predicted octanol–water partition coefficient (Wildman–Crippen LogP) is 3.33. The molecule has 1 aliphatic rings. The van der Waals surface area contributed by atoms with Gasteiger partial charge in [-0.25, -0.2) is 0 Å². The zero-order valence-corrected chi connectivity index (χ0v) is 12.3. The van der Waals surface area contributed by atoms with E-state index in [9.17, 15) is 14.7 Å². The van der Waals surface area contributed by atoms with Crippen molar-refractivity contribution in [3.8, 4) is 0 Å². The van der Waals surface area contributed by atoms with Crippen LogP contribution in [-0.2, 0) is 14.3 Å². The summed E-state index contributed by atoms with van der Waals surface area (Å²) >= 11 is 0. The van der Waals surface area contributed by atoms with Crippen molar-refractivity contribution in [2.75, 3.05) is 6.61 Å². The molecule has 1 rings (SSSR count). The third-order valence-electron chi connectivity index (χ3n) is 3.84. The van der Waals surface area contributed by atoms with Crippen LogP contribution in [0.2, 0.25) is 0 Å². The Balaban J connectivity index is 2.63. The molecule has 0 saturated heterocycles. The molecule has 0 aromatic heterocycles. The van der Waals surface area contributed by atoms with Gasteiger partial charge in [0.05, 0.1) is 12.5 Å². The molecule has 2 atom stereocenters. The number of carbonyl (C=O) groups is 2. The fraction of sp³-hybridized carbons (Fsp3) is 0.625. The van der Waals surface area contributed by atoms with E-state index in [2.05, 4.69) is 6.92 Å². The standard InChI is InChI=1S/C16H24O4/c1-3-5-6-9-12-20-14(17)13-10-7-8-11-16(13,4-2)15(18)19/h7-8,10-11,13H,3-6,9,12H2,1-2H3,(H,18,19). The Morgan fingerprint density at radius 2 is 1.95 bits per heavy atom.